The van der Waals surface area contributed by atoms with Crippen LogP contribution < -0.4 is 0 Å². The van der Waals surface area contributed by atoms with Crippen molar-refractivity contribution >= 4 is 11.5 Å². The molecule has 1 aromatic rings. The number of pyridine rings is 1. The van der Waals surface area contributed by atoms with Gasteiger partial charge in [-0.05, 0) is 13.8 Å². The Labute approximate surface area is 80.9 Å². The molecule has 0 unspecified atom stereocenters. The van der Waals surface area contributed by atoms with Gasteiger partial charge in [0.1, 0.15) is 5.78 Å². The first-order chi connectivity index (χ1) is 6.50. The second-order valence-corrected chi connectivity index (χ2v) is 3.10. The summed E-state index contributed by atoms with van der Waals surface area (Å²) in [6.45, 7) is 3.04. The largest absolute Gasteiger partial charge is 0.300 e. The molecule has 0 saturated carbocycles. The van der Waals surface area contributed by atoms with Crippen molar-refractivity contribution in [2.24, 2.45) is 0 Å². The van der Waals surface area contributed by atoms with E-state index in [0.717, 1.165) is 0 Å². The summed E-state index contributed by atoms with van der Waals surface area (Å²) in [4.78, 5) is 24.8. The molecule has 14 heavy (non-hydrogen) atoms. The average Bonchev–Trinajstić information content (AvgIpc) is 2.07. The molecule has 0 aliphatic heterocycles. The predicted octanol–water partition coefficient (Wildman–Crippen LogP) is 1.43. The maximum atomic E-state index is 10.8. The highest BCUT2D eigenvalue weighted by molar-refractivity contribution is 5.77. The van der Waals surface area contributed by atoms with E-state index in [2.05, 4.69) is 4.98 Å². The van der Waals surface area contributed by atoms with Crippen molar-refractivity contribution in [3.8, 4) is 0 Å². The van der Waals surface area contributed by atoms with Gasteiger partial charge in [0.05, 0.1) is 10.6 Å². The van der Waals surface area contributed by atoms with Crippen LogP contribution in [-0.2, 0) is 11.2 Å². The Hall–Kier alpha value is -1.78. The molecule has 0 atom stereocenters. The summed E-state index contributed by atoms with van der Waals surface area (Å²) >= 11 is 0. The van der Waals surface area contributed by atoms with E-state index < -0.39 is 4.92 Å². The molecule has 5 nitrogen and oxygen atoms in total. The Balaban J connectivity index is 3.06. The van der Waals surface area contributed by atoms with Crippen LogP contribution in [0, 0.1) is 17.0 Å². The quantitative estimate of drug-likeness (QED) is 0.539. The van der Waals surface area contributed by atoms with Crippen LogP contribution in [0.25, 0.3) is 0 Å². The van der Waals surface area contributed by atoms with Crippen LogP contribution in [-0.4, -0.2) is 15.7 Å². The van der Waals surface area contributed by atoms with Gasteiger partial charge in [0.2, 0.25) is 0 Å². The molecule has 0 aliphatic rings. The minimum Gasteiger partial charge on any atom is -0.300 e. The Morgan fingerprint density at radius 2 is 2.29 bits per heavy atom. The third-order valence-electron chi connectivity index (χ3n) is 1.76. The summed E-state index contributed by atoms with van der Waals surface area (Å²) < 4.78 is 0. The fourth-order valence-corrected chi connectivity index (χ4v) is 1.10. The number of hydrogen-bond donors (Lipinski definition) is 0. The van der Waals surface area contributed by atoms with Gasteiger partial charge in [-0.25, -0.2) is 0 Å². The molecule has 0 aromatic carbocycles. The second kappa shape index (κ2) is 3.95. The van der Waals surface area contributed by atoms with Crippen LogP contribution in [0.1, 0.15) is 18.2 Å². The van der Waals surface area contributed by atoms with Crippen molar-refractivity contribution in [1.82, 2.24) is 4.98 Å². The molecule has 0 aliphatic carbocycles. The number of carbonyl (C=O) groups excluding carboxylic acids is 1. The predicted molar refractivity (Wildman–Crippen MR) is 50.0 cm³/mol. The first-order valence-corrected chi connectivity index (χ1v) is 4.10. The molecular formula is C9H10N2O3. The molecule has 0 spiro atoms. The first-order valence-electron chi connectivity index (χ1n) is 4.10. The number of carbonyl (C=O) groups is 1. The summed E-state index contributed by atoms with van der Waals surface area (Å²) in [5, 5.41) is 10.6. The van der Waals surface area contributed by atoms with Crippen LogP contribution in [0.2, 0.25) is 0 Å². The Morgan fingerprint density at radius 1 is 1.64 bits per heavy atom. The molecule has 0 bridgehead atoms. The normalized spacial score (nSPS) is 9.86. The summed E-state index contributed by atoms with van der Waals surface area (Å²) in [6, 6.07) is 1.34. The zero-order chi connectivity index (χ0) is 10.7. The van der Waals surface area contributed by atoms with Crippen molar-refractivity contribution in [2.45, 2.75) is 20.3 Å². The van der Waals surface area contributed by atoms with E-state index in [4.69, 9.17) is 0 Å². The monoisotopic (exact) mass is 194 g/mol. The number of Topliss-reactive ketones (excluding diaryl/α,β-unsaturated/α-hetero) is 1. The third-order valence-corrected chi connectivity index (χ3v) is 1.76. The van der Waals surface area contributed by atoms with E-state index in [0.29, 0.717) is 11.3 Å². The highest BCUT2D eigenvalue weighted by Gasteiger charge is 2.12. The number of aromatic nitrogens is 1. The van der Waals surface area contributed by atoms with E-state index in [1.54, 1.807) is 6.92 Å². The van der Waals surface area contributed by atoms with E-state index in [1.165, 1.54) is 19.2 Å². The van der Waals surface area contributed by atoms with Crippen LogP contribution in [0.4, 0.5) is 5.69 Å². The smallest absolute Gasteiger partial charge is 0.275 e. The van der Waals surface area contributed by atoms with E-state index in [9.17, 15) is 14.9 Å². The van der Waals surface area contributed by atoms with Gasteiger partial charge in [0.25, 0.3) is 5.69 Å². The molecule has 5 heteroatoms. The van der Waals surface area contributed by atoms with Gasteiger partial charge in [-0.3, -0.25) is 19.9 Å². The minimum atomic E-state index is -0.472. The summed E-state index contributed by atoms with van der Waals surface area (Å²) in [6.07, 6.45) is 1.55. The van der Waals surface area contributed by atoms with Crippen molar-refractivity contribution in [3.63, 3.8) is 0 Å². The molecule has 0 N–H and O–H groups in total. The molecular weight excluding hydrogens is 184 g/mol. The average molecular weight is 194 g/mol. The van der Waals surface area contributed by atoms with Gasteiger partial charge in [-0.2, -0.15) is 0 Å². The summed E-state index contributed by atoms with van der Waals surface area (Å²) in [7, 11) is 0. The standard InChI is InChI=1S/C9H10N2O3/c1-6-5-10-8(3-7(2)12)4-9(6)11(13)14/h4-5H,3H2,1-2H3. The SMILES string of the molecule is CC(=O)Cc1cc([N+](=O)[O-])c(C)cn1. The van der Waals surface area contributed by atoms with Crippen LogP contribution in [0.15, 0.2) is 12.3 Å². The summed E-state index contributed by atoms with van der Waals surface area (Å²) in [5.74, 6) is -0.0596. The zero-order valence-electron chi connectivity index (χ0n) is 7.98. The molecule has 0 amide bonds. The Kier molecular flexibility index (Phi) is 2.91. The lowest BCUT2D eigenvalue weighted by Crippen LogP contribution is -2.01. The topological polar surface area (TPSA) is 73.1 Å². The van der Waals surface area contributed by atoms with Crippen LogP contribution in [0.5, 0.6) is 0 Å². The first kappa shape index (κ1) is 10.3. The van der Waals surface area contributed by atoms with E-state index >= 15 is 0 Å². The highest BCUT2D eigenvalue weighted by atomic mass is 16.6. The van der Waals surface area contributed by atoms with Gasteiger partial charge in [-0.15, -0.1) is 0 Å². The molecule has 1 heterocycles. The number of aryl methyl sites for hydroxylation is 1. The van der Waals surface area contributed by atoms with Crippen molar-refractivity contribution < 1.29 is 9.72 Å². The molecule has 1 aromatic heterocycles. The number of hydrogen-bond acceptors (Lipinski definition) is 4. The van der Waals surface area contributed by atoms with Crippen molar-refractivity contribution in [2.75, 3.05) is 0 Å². The Bertz CT molecular complexity index is 388. The lowest BCUT2D eigenvalue weighted by molar-refractivity contribution is -0.385. The molecule has 0 radical (unpaired) electrons. The molecule has 1 rings (SSSR count). The fraction of sp³-hybridized carbons (Fsp3) is 0.333. The fourth-order valence-electron chi connectivity index (χ4n) is 1.10. The van der Waals surface area contributed by atoms with Gasteiger partial charge in [-0.1, -0.05) is 0 Å². The van der Waals surface area contributed by atoms with Crippen molar-refractivity contribution in [1.29, 1.82) is 0 Å². The van der Waals surface area contributed by atoms with Crippen LogP contribution in [0.3, 0.4) is 0 Å². The number of nitrogens with zero attached hydrogens (tertiary/aromatic N) is 2. The number of nitro groups is 1. The van der Waals surface area contributed by atoms with E-state index in [1.807, 2.05) is 0 Å². The zero-order valence-corrected chi connectivity index (χ0v) is 7.98. The summed E-state index contributed by atoms with van der Waals surface area (Å²) in [5.41, 5.74) is 0.952. The Morgan fingerprint density at radius 3 is 2.79 bits per heavy atom. The molecule has 0 saturated heterocycles. The number of rotatable bonds is 3. The van der Waals surface area contributed by atoms with Gasteiger partial charge < -0.3 is 0 Å². The van der Waals surface area contributed by atoms with Gasteiger partial charge in [0, 0.05) is 24.2 Å². The molecule has 74 valence electrons. The van der Waals surface area contributed by atoms with Gasteiger partial charge in [0.15, 0.2) is 0 Å². The molecule has 0 fully saturated rings. The second-order valence-electron chi connectivity index (χ2n) is 3.10. The highest BCUT2D eigenvalue weighted by Crippen LogP contribution is 2.17. The van der Waals surface area contributed by atoms with Crippen molar-refractivity contribution in [3.05, 3.63) is 33.6 Å². The minimum absolute atomic E-state index is 0.0104. The number of ketones is 1. The maximum Gasteiger partial charge on any atom is 0.275 e. The lowest BCUT2D eigenvalue weighted by atomic mass is 10.1. The van der Waals surface area contributed by atoms with Gasteiger partial charge >= 0.3 is 0 Å². The van der Waals surface area contributed by atoms with Crippen LogP contribution >= 0.6 is 0 Å². The third kappa shape index (κ3) is 2.35. The lowest BCUT2D eigenvalue weighted by Gasteiger charge is -1.99. The van der Waals surface area contributed by atoms with E-state index in [-0.39, 0.29) is 17.9 Å². The maximum absolute atomic E-state index is 10.8.